The number of primary amides is 1. The highest BCUT2D eigenvalue weighted by atomic mass is 19.1. The fourth-order valence-electron chi connectivity index (χ4n) is 4.31. The standard InChI is InChI=1S/C25H27F2N7O3/c1-13-6-16(8-17(26)7-13)20-4-5-31-34(20)25(36)33-11-18(12-33)37-21-9-22(30-10-19(21)27)32-15(3)23(14(2)28)24(29)35/h5-10,18,20,28H,4,11-12H2,1-3H3,(H2,29,35)(H,30,32)/b23-15+,28-14?/t20-/m0/s1. The Balaban J connectivity index is 1.39. The lowest BCUT2D eigenvalue weighted by atomic mass is 10.0. The number of halogens is 2. The summed E-state index contributed by atoms with van der Waals surface area (Å²) in [6.07, 6.45) is 2.61. The van der Waals surface area contributed by atoms with E-state index in [-0.39, 0.29) is 47.8 Å². The minimum atomic E-state index is -0.771. The van der Waals surface area contributed by atoms with E-state index >= 15 is 0 Å². The largest absolute Gasteiger partial charge is 0.483 e. The van der Waals surface area contributed by atoms with Gasteiger partial charge in [0.1, 0.15) is 17.7 Å². The number of hydrogen-bond acceptors (Lipinski definition) is 7. The molecule has 1 fully saturated rings. The average Bonchev–Trinajstić information content (AvgIpc) is 3.26. The smallest absolute Gasteiger partial charge is 0.341 e. The number of carbonyl (C=O) groups excluding carboxylic acids is 2. The van der Waals surface area contributed by atoms with Crippen molar-refractivity contribution in [1.29, 1.82) is 5.41 Å². The first kappa shape index (κ1) is 25.7. The Morgan fingerprint density at radius 3 is 2.57 bits per heavy atom. The van der Waals surface area contributed by atoms with Gasteiger partial charge >= 0.3 is 6.03 Å². The molecule has 0 aliphatic carbocycles. The first-order chi connectivity index (χ1) is 17.5. The second-order valence-corrected chi connectivity index (χ2v) is 9.00. The SMILES string of the molecule is CC(=N)/C(C(N)=O)=C(/C)Nc1cc(OC2CN(C(=O)N3N=CC[C@H]3c3cc(C)cc(F)c3)C2)c(F)cn1. The molecule has 1 atom stereocenters. The third-order valence-corrected chi connectivity index (χ3v) is 6.02. The lowest BCUT2D eigenvalue weighted by Crippen LogP contribution is -2.58. The highest BCUT2D eigenvalue weighted by Crippen LogP contribution is 2.32. The fraction of sp³-hybridized carbons (Fsp3) is 0.320. The number of pyridine rings is 1. The van der Waals surface area contributed by atoms with Crippen molar-refractivity contribution in [3.8, 4) is 5.75 Å². The molecule has 4 rings (SSSR count). The molecule has 4 N–H and O–H groups in total. The first-order valence-corrected chi connectivity index (χ1v) is 11.6. The van der Waals surface area contributed by atoms with E-state index in [0.717, 1.165) is 11.8 Å². The molecule has 0 saturated carbocycles. The van der Waals surface area contributed by atoms with Crippen LogP contribution in [0.1, 0.15) is 37.4 Å². The van der Waals surface area contributed by atoms with Crippen LogP contribution in [0.4, 0.5) is 19.4 Å². The van der Waals surface area contributed by atoms with Crippen LogP contribution in [0.25, 0.3) is 0 Å². The van der Waals surface area contributed by atoms with Crippen molar-refractivity contribution in [3.05, 3.63) is 64.5 Å². The van der Waals surface area contributed by atoms with Gasteiger partial charge in [0.25, 0.3) is 5.91 Å². The van der Waals surface area contributed by atoms with Crippen LogP contribution in [-0.2, 0) is 4.79 Å². The molecular weight excluding hydrogens is 484 g/mol. The lowest BCUT2D eigenvalue weighted by Gasteiger charge is -2.41. The van der Waals surface area contributed by atoms with Gasteiger partial charge in [-0.3, -0.25) is 4.79 Å². The number of urea groups is 1. The Morgan fingerprint density at radius 1 is 1.19 bits per heavy atom. The van der Waals surface area contributed by atoms with Gasteiger partial charge in [-0.25, -0.2) is 23.6 Å². The summed E-state index contributed by atoms with van der Waals surface area (Å²) in [7, 11) is 0. The maximum Gasteiger partial charge on any atom is 0.341 e. The van der Waals surface area contributed by atoms with E-state index in [1.54, 1.807) is 20.1 Å². The zero-order chi connectivity index (χ0) is 26.9. The second kappa shape index (κ2) is 10.3. The van der Waals surface area contributed by atoms with E-state index in [1.807, 2.05) is 6.07 Å². The maximum absolute atomic E-state index is 14.4. The zero-order valence-corrected chi connectivity index (χ0v) is 20.6. The molecule has 2 aliphatic rings. The summed E-state index contributed by atoms with van der Waals surface area (Å²) in [5, 5.41) is 16.1. The number of likely N-dealkylation sites (tertiary alicyclic amines) is 1. The number of amides is 3. The van der Waals surface area contributed by atoms with Crippen LogP contribution < -0.4 is 15.8 Å². The molecule has 2 aromatic rings. The molecule has 194 valence electrons. The molecule has 1 aromatic carbocycles. The zero-order valence-electron chi connectivity index (χ0n) is 20.6. The van der Waals surface area contributed by atoms with E-state index in [9.17, 15) is 18.4 Å². The van der Waals surface area contributed by atoms with Gasteiger partial charge in [0.2, 0.25) is 0 Å². The Kier molecular flexibility index (Phi) is 7.18. The maximum atomic E-state index is 14.4. The number of benzene rings is 1. The van der Waals surface area contributed by atoms with E-state index in [2.05, 4.69) is 15.4 Å². The van der Waals surface area contributed by atoms with Crippen molar-refractivity contribution in [2.24, 2.45) is 10.8 Å². The Labute approximate surface area is 212 Å². The number of carbonyl (C=O) groups is 2. The molecule has 2 aliphatic heterocycles. The number of hydrazone groups is 1. The molecule has 0 spiro atoms. The Bertz CT molecular complexity index is 1290. The summed E-state index contributed by atoms with van der Waals surface area (Å²) in [4.78, 5) is 30.1. The number of rotatable bonds is 7. The van der Waals surface area contributed by atoms with Crippen LogP contribution in [0.3, 0.4) is 0 Å². The van der Waals surface area contributed by atoms with Crippen molar-refractivity contribution >= 4 is 29.7 Å². The average molecular weight is 512 g/mol. The molecule has 3 amide bonds. The van der Waals surface area contributed by atoms with Gasteiger partial charge in [0.05, 0.1) is 30.9 Å². The van der Waals surface area contributed by atoms with Gasteiger partial charge in [-0.15, -0.1) is 0 Å². The quantitative estimate of drug-likeness (QED) is 0.386. The summed E-state index contributed by atoms with van der Waals surface area (Å²) >= 11 is 0. The molecule has 1 saturated heterocycles. The third-order valence-electron chi connectivity index (χ3n) is 6.02. The Morgan fingerprint density at radius 2 is 1.92 bits per heavy atom. The minimum Gasteiger partial charge on any atom is -0.483 e. The van der Waals surface area contributed by atoms with Crippen LogP contribution in [0.2, 0.25) is 0 Å². The van der Waals surface area contributed by atoms with Crippen molar-refractivity contribution in [1.82, 2.24) is 14.9 Å². The number of nitrogens with two attached hydrogens (primary N) is 1. The predicted octanol–water partition coefficient (Wildman–Crippen LogP) is 3.49. The number of allylic oxidation sites excluding steroid dienone is 1. The molecule has 0 unspecified atom stereocenters. The van der Waals surface area contributed by atoms with Gasteiger partial charge in [-0.2, -0.15) is 5.10 Å². The van der Waals surface area contributed by atoms with E-state index in [0.29, 0.717) is 17.7 Å². The second-order valence-electron chi connectivity index (χ2n) is 9.00. The van der Waals surface area contributed by atoms with Crippen LogP contribution in [-0.4, -0.2) is 58.0 Å². The van der Waals surface area contributed by atoms with Crippen molar-refractivity contribution in [2.75, 3.05) is 18.4 Å². The Hall–Kier alpha value is -4.35. The number of hydrogen-bond donors (Lipinski definition) is 3. The van der Waals surface area contributed by atoms with Crippen molar-refractivity contribution < 1.29 is 23.1 Å². The summed E-state index contributed by atoms with van der Waals surface area (Å²) in [6, 6.07) is 5.23. The van der Waals surface area contributed by atoms with Crippen LogP contribution >= 0.6 is 0 Å². The van der Waals surface area contributed by atoms with Gasteiger partial charge in [-0.1, -0.05) is 6.07 Å². The van der Waals surface area contributed by atoms with Crippen LogP contribution in [0.15, 0.2) is 46.8 Å². The number of ether oxygens (including phenoxy) is 1. The molecule has 1 aromatic heterocycles. The molecule has 10 nitrogen and oxygen atoms in total. The van der Waals surface area contributed by atoms with Gasteiger partial charge in [0.15, 0.2) is 11.6 Å². The summed E-state index contributed by atoms with van der Waals surface area (Å²) in [5.41, 5.74) is 7.02. The highest BCUT2D eigenvalue weighted by molar-refractivity contribution is 6.19. The van der Waals surface area contributed by atoms with Crippen molar-refractivity contribution in [3.63, 3.8) is 0 Å². The number of aromatic nitrogens is 1. The molecular formula is C25H27F2N7O3. The van der Waals surface area contributed by atoms with Gasteiger partial charge < -0.3 is 26.1 Å². The number of aryl methyl sites for hydroxylation is 1. The number of nitrogens with one attached hydrogen (secondary N) is 2. The van der Waals surface area contributed by atoms with Gasteiger partial charge in [0, 0.05) is 30.1 Å². The minimum absolute atomic E-state index is 0.00183. The molecule has 3 heterocycles. The topological polar surface area (TPSA) is 137 Å². The third kappa shape index (κ3) is 5.57. The van der Waals surface area contributed by atoms with Crippen molar-refractivity contribution in [2.45, 2.75) is 39.3 Å². The van der Waals surface area contributed by atoms with E-state index in [1.165, 1.54) is 35.0 Å². The van der Waals surface area contributed by atoms with E-state index in [4.69, 9.17) is 15.9 Å². The molecule has 37 heavy (non-hydrogen) atoms. The summed E-state index contributed by atoms with van der Waals surface area (Å²) < 4.78 is 34.0. The normalized spacial score (nSPS) is 17.8. The molecule has 12 heteroatoms. The summed E-state index contributed by atoms with van der Waals surface area (Å²) in [6.45, 7) is 5.19. The highest BCUT2D eigenvalue weighted by Gasteiger charge is 2.39. The number of nitrogens with zero attached hydrogens (tertiary/aromatic N) is 4. The van der Waals surface area contributed by atoms with Crippen LogP contribution in [0, 0.1) is 24.0 Å². The van der Waals surface area contributed by atoms with E-state index < -0.39 is 23.9 Å². The first-order valence-electron chi connectivity index (χ1n) is 11.6. The number of anilines is 1. The fourth-order valence-corrected chi connectivity index (χ4v) is 4.31. The summed E-state index contributed by atoms with van der Waals surface area (Å²) in [5.74, 6) is -1.72. The predicted molar refractivity (Wildman–Crippen MR) is 133 cm³/mol. The monoisotopic (exact) mass is 511 g/mol. The molecule has 0 radical (unpaired) electrons. The lowest BCUT2D eigenvalue weighted by molar-refractivity contribution is -0.114. The van der Waals surface area contributed by atoms with Crippen LogP contribution in [0.5, 0.6) is 5.75 Å². The van der Waals surface area contributed by atoms with Gasteiger partial charge in [-0.05, 0) is 44.0 Å². The molecule has 0 bridgehead atoms.